The van der Waals surface area contributed by atoms with E-state index in [0.29, 0.717) is 34.0 Å². The van der Waals surface area contributed by atoms with Gasteiger partial charge in [0.25, 0.3) is 0 Å². The maximum atomic E-state index is 13.0. The molecule has 0 spiro atoms. The van der Waals surface area contributed by atoms with Crippen LogP contribution in [-0.2, 0) is 24.2 Å². The summed E-state index contributed by atoms with van der Waals surface area (Å²) in [4.78, 5) is 14.2. The third-order valence-corrected chi connectivity index (χ3v) is 9.59. The number of benzene rings is 1. The quantitative estimate of drug-likeness (QED) is 0.209. The van der Waals surface area contributed by atoms with Crippen molar-refractivity contribution >= 4 is 34.0 Å². The third-order valence-electron chi connectivity index (χ3n) is 7.46. The number of nitrogens with one attached hydrogen (secondary N) is 1. The predicted octanol–water partition coefficient (Wildman–Crippen LogP) is 6.81. The van der Waals surface area contributed by atoms with Gasteiger partial charge in [-0.05, 0) is 55.2 Å². The van der Waals surface area contributed by atoms with Crippen LogP contribution < -0.4 is 10.1 Å². The minimum atomic E-state index is -0.329. The first-order chi connectivity index (χ1) is 18.3. The maximum Gasteiger partial charge on any atom is 0.235 e. The van der Waals surface area contributed by atoms with Crippen LogP contribution in [0.3, 0.4) is 0 Å². The number of nitrogens with zero attached hydrogens (tertiary/aromatic N) is 4. The highest BCUT2D eigenvalue weighted by atomic mass is 32.2. The zero-order valence-electron chi connectivity index (χ0n) is 22.5. The number of allylic oxidation sites excluding steroid dienone is 1. The summed E-state index contributed by atoms with van der Waals surface area (Å²) < 4.78 is 7.95. The van der Waals surface area contributed by atoms with Crippen molar-refractivity contribution in [2.24, 2.45) is 11.3 Å². The Morgan fingerprint density at radius 3 is 2.84 bits per heavy atom. The number of carbonyl (C=O) groups excluding carboxylic acids is 1. The van der Waals surface area contributed by atoms with Crippen molar-refractivity contribution in [3.05, 3.63) is 64.8 Å². The molecule has 1 aliphatic carbocycles. The molecule has 200 valence electrons. The van der Waals surface area contributed by atoms with Gasteiger partial charge in [-0.2, -0.15) is 5.26 Å². The lowest BCUT2D eigenvalue weighted by molar-refractivity contribution is -0.113. The highest BCUT2D eigenvalue weighted by molar-refractivity contribution is 7.99. The van der Waals surface area contributed by atoms with Crippen molar-refractivity contribution in [2.45, 2.75) is 71.2 Å². The summed E-state index contributed by atoms with van der Waals surface area (Å²) in [5, 5.41) is 22.8. The smallest absolute Gasteiger partial charge is 0.235 e. The standard InChI is InChI=1S/C29H35N5O2S2/c1-6-15-34-26(19(3)36-21-11-9-8-10-12-21)32-33-28(34)37-18-25(35)31-27-23(17-30)22-14-13-20(16-24(22)38-27)29(4,5)7-2/h6,8-12,19-20H,1,7,13-16,18H2,2-5H3,(H,31,35). The number of para-hydroxylation sites is 1. The Morgan fingerprint density at radius 2 is 2.16 bits per heavy atom. The van der Waals surface area contributed by atoms with Gasteiger partial charge in [-0.3, -0.25) is 9.36 Å². The van der Waals surface area contributed by atoms with Crippen LogP contribution in [0.4, 0.5) is 5.00 Å². The monoisotopic (exact) mass is 549 g/mol. The van der Waals surface area contributed by atoms with Gasteiger partial charge >= 0.3 is 0 Å². The van der Waals surface area contributed by atoms with Gasteiger partial charge in [-0.25, -0.2) is 0 Å². The molecule has 0 aliphatic heterocycles. The molecule has 0 fully saturated rings. The fraction of sp³-hybridized carbons (Fsp3) is 0.448. The van der Waals surface area contributed by atoms with E-state index in [1.165, 1.54) is 16.6 Å². The molecule has 7 nitrogen and oxygen atoms in total. The number of amides is 1. The van der Waals surface area contributed by atoms with Crippen LogP contribution in [0.15, 0.2) is 48.1 Å². The molecule has 2 unspecified atom stereocenters. The van der Waals surface area contributed by atoms with Gasteiger partial charge in [0.05, 0.1) is 11.3 Å². The summed E-state index contributed by atoms with van der Waals surface area (Å²) in [6, 6.07) is 11.9. The van der Waals surface area contributed by atoms with E-state index in [1.54, 1.807) is 17.4 Å². The number of hydrogen-bond donors (Lipinski definition) is 1. The minimum Gasteiger partial charge on any atom is -0.483 e. The summed E-state index contributed by atoms with van der Waals surface area (Å²) in [6.45, 7) is 13.2. The highest BCUT2D eigenvalue weighted by Gasteiger charge is 2.34. The molecule has 2 heterocycles. The Kier molecular flexibility index (Phi) is 8.95. The van der Waals surface area contributed by atoms with E-state index in [0.717, 1.165) is 37.0 Å². The molecule has 1 aliphatic rings. The van der Waals surface area contributed by atoms with Gasteiger partial charge in [0.2, 0.25) is 5.91 Å². The molecule has 4 rings (SSSR count). The lowest BCUT2D eigenvalue weighted by Gasteiger charge is -2.36. The minimum absolute atomic E-state index is 0.155. The van der Waals surface area contributed by atoms with E-state index in [9.17, 15) is 10.1 Å². The fourth-order valence-corrected chi connectivity index (χ4v) is 6.85. The Labute approximate surface area is 233 Å². The normalized spacial score (nSPS) is 15.8. The van der Waals surface area contributed by atoms with Crippen LogP contribution in [0.2, 0.25) is 0 Å². The molecule has 2 atom stereocenters. The Bertz CT molecular complexity index is 1320. The van der Waals surface area contributed by atoms with E-state index in [-0.39, 0.29) is 23.2 Å². The number of nitriles is 1. The molecular weight excluding hydrogens is 514 g/mol. The number of aromatic nitrogens is 3. The second kappa shape index (κ2) is 12.2. The van der Waals surface area contributed by atoms with Gasteiger partial charge in [0.1, 0.15) is 16.8 Å². The number of hydrogen-bond acceptors (Lipinski definition) is 7. The average Bonchev–Trinajstić information content (AvgIpc) is 3.48. The third kappa shape index (κ3) is 6.13. The second-order valence-corrected chi connectivity index (χ2v) is 12.3. The largest absolute Gasteiger partial charge is 0.483 e. The van der Waals surface area contributed by atoms with E-state index < -0.39 is 0 Å². The number of ether oxygens (including phenoxy) is 1. The Balaban J connectivity index is 1.43. The summed E-state index contributed by atoms with van der Waals surface area (Å²) in [7, 11) is 0. The SMILES string of the molecule is C=CCn1c(SCC(=O)Nc2sc3c(c2C#N)CCC(C(C)(C)CC)C3)nnc1C(C)Oc1ccccc1. The molecule has 1 N–H and O–H groups in total. The number of rotatable bonds is 11. The molecule has 1 amide bonds. The van der Waals surface area contributed by atoms with Crippen LogP contribution in [0.25, 0.3) is 0 Å². The summed E-state index contributed by atoms with van der Waals surface area (Å²) in [5.74, 6) is 1.99. The molecule has 38 heavy (non-hydrogen) atoms. The first kappa shape index (κ1) is 27.9. The van der Waals surface area contributed by atoms with Crippen LogP contribution in [-0.4, -0.2) is 26.4 Å². The lowest BCUT2D eigenvalue weighted by atomic mass is 9.69. The van der Waals surface area contributed by atoms with Crippen LogP contribution in [0.5, 0.6) is 5.75 Å². The van der Waals surface area contributed by atoms with Gasteiger partial charge < -0.3 is 10.1 Å². The van der Waals surface area contributed by atoms with Crippen molar-refractivity contribution in [1.29, 1.82) is 5.26 Å². The van der Waals surface area contributed by atoms with Crippen molar-refractivity contribution in [2.75, 3.05) is 11.1 Å². The fourth-order valence-electron chi connectivity index (χ4n) is 4.80. The molecule has 0 bridgehead atoms. The van der Waals surface area contributed by atoms with Crippen LogP contribution in [0.1, 0.15) is 68.5 Å². The molecule has 0 saturated carbocycles. The molecule has 0 radical (unpaired) electrons. The zero-order valence-corrected chi connectivity index (χ0v) is 24.1. The van der Waals surface area contributed by atoms with E-state index in [2.05, 4.69) is 48.9 Å². The topological polar surface area (TPSA) is 92.8 Å². The molecular formula is C29H35N5O2S2. The summed E-state index contributed by atoms with van der Waals surface area (Å²) in [5.41, 5.74) is 2.00. The zero-order chi connectivity index (χ0) is 27.3. The number of fused-ring (bicyclic) bond motifs is 1. The van der Waals surface area contributed by atoms with Gasteiger partial charge in [0, 0.05) is 11.4 Å². The maximum absolute atomic E-state index is 13.0. The molecule has 2 aromatic heterocycles. The summed E-state index contributed by atoms with van der Waals surface area (Å²) >= 11 is 2.87. The van der Waals surface area contributed by atoms with Gasteiger partial charge in [-0.15, -0.1) is 28.1 Å². The van der Waals surface area contributed by atoms with E-state index >= 15 is 0 Å². The molecule has 3 aromatic rings. The number of anilines is 1. The Hall–Kier alpha value is -3.09. The first-order valence-electron chi connectivity index (χ1n) is 13.0. The lowest BCUT2D eigenvalue weighted by Crippen LogP contribution is -2.28. The van der Waals surface area contributed by atoms with E-state index in [4.69, 9.17) is 4.74 Å². The van der Waals surface area contributed by atoms with Crippen molar-refractivity contribution in [1.82, 2.24) is 14.8 Å². The van der Waals surface area contributed by atoms with Crippen LogP contribution >= 0.6 is 23.1 Å². The number of thioether (sulfide) groups is 1. The number of thiophene rings is 1. The van der Waals surface area contributed by atoms with Gasteiger partial charge in [0.15, 0.2) is 17.1 Å². The number of carbonyl (C=O) groups is 1. The second-order valence-electron chi connectivity index (χ2n) is 10.3. The van der Waals surface area contributed by atoms with Crippen molar-refractivity contribution < 1.29 is 9.53 Å². The van der Waals surface area contributed by atoms with Crippen molar-refractivity contribution in [3.63, 3.8) is 0 Å². The predicted molar refractivity (Wildman–Crippen MR) is 154 cm³/mol. The first-order valence-corrected chi connectivity index (χ1v) is 14.8. The molecule has 1 aromatic carbocycles. The van der Waals surface area contributed by atoms with E-state index in [1.807, 2.05) is 41.8 Å². The van der Waals surface area contributed by atoms with Crippen LogP contribution in [0, 0.1) is 22.7 Å². The molecule has 9 heteroatoms. The Morgan fingerprint density at radius 1 is 1.39 bits per heavy atom. The molecule has 0 saturated heterocycles. The summed E-state index contributed by atoms with van der Waals surface area (Å²) in [6.07, 6.45) is 5.51. The highest BCUT2D eigenvalue weighted by Crippen LogP contribution is 2.45. The van der Waals surface area contributed by atoms with Gasteiger partial charge in [-0.1, -0.05) is 63.2 Å². The average molecular weight is 550 g/mol. The van der Waals surface area contributed by atoms with Crippen molar-refractivity contribution in [3.8, 4) is 11.8 Å².